The Morgan fingerprint density at radius 2 is 1.90 bits per heavy atom. The number of aromatic nitrogens is 5. The number of rotatable bonds is 6. The van der Waals surface area contributed by atoms with Gasteiger partial charge in [-0.15, -0.1) is 5.10 Å². The van der Waals surface area contributed by atoms with Crippen molar-refractivity contribution in [2.24, 2.45) is 0 Å². The van der Waals surface area contributed by atoms with E-state index in [1.807, 2.05) is 0 Å². The third-order valence-corrected chi connectivity index (χ3v) is 7.14. The van der Waals surface area contributed by atoms with Gasteiger partial charge in [-0.3, -0.25) is 4.79 Å². The second-order valence-electron chi connectivity index (χ2n) is 9.58. The lowest BCUT2D eigenvalue weighted by Crippen LogP contribution is -2.26. The van der Waals surface area contributed by atoms with Crippen molar-refractivity contribution in [1.29, 1.82) is 0 Å². The van der Waals surface area contributed by atoms with Crippen LogP contribution in [0, 0.1) is 11.6 Å². The van der Waals surface area contributed by atoms with E-state index in [0.717, 1.165) is 43.4 Å². The van der Waals surface area contributed by atoms with Crippen LogP contribution < -0.4 is 15.1 Å². The normalized spacial score (nSPS) is 21.2. The molecule has 1 aromatic carbocycles. The highest BCUT2D eigenvalue weighted by molar-refractivity contribution is 6.01. The number of hydrogen-bond donors (Lipinski definition) is 1. The van der Waals surface area contributed by atoms with Gasteiger partial charge < -0.3 is 19.9 Å². The lowest BCUT2D eigenvalue weighted by atomic mass is 10.0. The van der Waals surface area contributed by atoms with Gasteiger partial charge in [0.05, 0.1) is 43.0 Å². The number of ether oxygens (including phenoxy) is 1. The molecular weight excluding hydrogens is 513 g/mol. The van der Waals surface area contributed by atoms with E-state index in [1.54, 1.807) is 36.5 Å². The zero-order valence-electron chi connectivity index (χ0n) is 21.0. The van der Waals surface area contributed by atoms with Crippen molar-refractivity contribution < 1.29 is 22.7 Å². The summed E-state index contributed by atoms with van der Waals surface area (Å²) in [4.78, 5) is 29.3. The smallest absolute Gasteiger partial charge is 0.294 e. The minimum absolute atomic E-state index is 0.00942. The molecule has 2 aliphatic heterocycles. The molecule has 2 aliphatic rings. The maximum Gasteiger partial charge on any atom is 0.294 e. The zero-order valence-corrected chi connectivity index (χ0v) is 21.0. The Kier molecular flexibility index (Phi) is 6.51. The van der Waals surface area contributed by atoms with E-state index in [-0.39, 0.29) is 36.3 Å². The van der Waals surface area contributed by atoms with E-state index >= 15 is 0 Å². The Morgan fingerprint density at radius 1 is 1.08 bits per heavy atom. The highest BCUT2D eigenvalue weighted by atomic mass is 19.1. The fourth-order valence-corrected chi connectivity index (χ4v) is 5.13. The summed E-state index contributed by atoms with van der Waals surface area (Å²) >= 11 is 0. The van der Waals surface area contributed by atoms with Gasteiger partial charge in [-0.2, -0.15) is 4.52 Å². The van der Waals surface area contributed by atoms with Crippen LogP contribution >= 0.6 is 0 Å². The first-order valence-electron chi connectivity index (χ1n) is 12.5. The summed E-state index contributed by atoms with van der Waals surface area (Å²) in [6, 6.07) is 5.67. The molecule has 10 nitrogen and oxygen atoms in total. The Bertz CT molecular complexity index is 1520. The maximum atomic E-state index is 14.5. The summed E-state index contributed by atoms with van der Waals surface area (Å²) in [6.07, 6.45) is 4.42. The highest BCUT2D eigenvalue weighted by Gasteiger charge is 2.36. The van der Waals surface area contributed by atoms with Crippen LogP contribution in [-0.2, 0) is 4.74 Å². The topological polar surface area (TPSA) is 101 Å². The minimum atomic E-state index is -1.25. The number of fused-ring (bicyclic) bond motifs is 1. The van der Waals surface area contributed by atoms with Crippen LogP contribution in [0.25, 0.3) is 5.65 Å². The van der Waals surface area contributed by atoms with Crippen molar-refractivity contribution in [3.8, 4) is 0 Å². The number of carbonyl (C=O) groups is 1. The highest BCUT2D eigenvalue weighted by Crippen LogP contribution is 2.38. The van der Waals surface area contributed by atoms with Gasteiger partial charge >= 0.3 is 0 Å². The Morgan fingerprint density at radius 3 is 2.67 bits per heavy atom. The van der Waals surface area contributed by atoms with Gasteiger partial charge in [0, 0.05) is 32.2 Å². The van der Waals surface area contributed by atoms with E-state index < -0.39 is 29.8 Å². The van der Waals surface area contributed by atoms with Crippen molar-refractivity contribution in [2.45, 2.75) is 31.2 Å². The quantitative estimate of drug-likeness (QED) is 0.398. The van der Waals surface area contributed by atoms with Crippen molar-refractivity contribution in [3.05, 3.63) is 71.9 Å². The molecule has 0 radical (unpaired) electrons. The van der Waals surface area contributed by atoms with E-state index in [9.17, 15) is 18.0 Å². The van der Waals surface area contributed by atoms with Crippen LogP contribution in [0.5, 0.6) is 0 Å². The number of halogens is 3. The van der Waals surface area contributed by atoms with E-state index in [4.69, 9.17) is 4.74 Å². The number of nitrogens with one attached hydrogen (secondary N) is 1. The zero-order chi connectivity index (χ0) is 27.1. The van der Waals surface area contributed by atoms with E-state index in [2.05, 4.69) is 30.3 Å². The SMILES string of the molecule is CO[C@H]1CCN(c2cnc(C(=O)Nc3cnc4ccc(N5C[C@@H](F)C[C@@H]5c5cc(F)ccc5F)nn34)nc2)C1. The summed E-state index contributed by atoms with van der Waals surface area (Å²) in [5.74, 6) is -1.25. The number of nitrogens with zero attached hydrogens (tertiary/aromatic N) is 7. The van der Waals surface area contributed by atoms with Crippen molar-refractivity contribution >= 4 is 28.9 Å². The molecule has 0 unspecified atom stereocenters. The van der Waals surface area contributed by atoms with Crippen LogP contribution in [0.15, 0.2) is 48.9 Å². The lowest BCUT2D eigenvalue weighted by Gasteiger charge is -2.26. The molecule has 1 amide bonds. The first kappa shape index (κ1) is 25.0. The second kappa shape index (κ2) is 10.1. The van der Waals surface area contributed by atoms with Gasteiger partial charge in [0.2, 0.25) is 5.82 Å². The van der Waals surface area contributed by atoms with Gasteiger partial charge in [-0.25, -0.2) is 28.1 Å². The molecule has 0 spiro atoms. The Labute approximate surface area is 221 Å². The standard InChI is InChI=1S/C26H25F3N8O2/c1-39-18-6-7-35(14-18)17-10-31-25(32-11-17)26(38)33-24-12-30-22-4-5-23(34-37(22)24)36-13-16(28)9-21(36)19-8-15(27)2-3-20(19)29/h2-5,8,10-12,16,18,21H,6-7,9,13-14H2,1H3,(H,33,38)/t16-,18-,21+/m0/s1. The van der Waals surface area contributed by atoms with Gasteiger partial charge in [0.25, 0.3) is 5.91 Å². The fourth-order valence-electron chi connectivity index (χ4n) is 5.13. The largest absolute Gasteiger partial charge is 0.380 e. The summed E-state index contributed by atoms with van der Waals surface area (Å²) in [5.41, 5.74) is 1.29. The van der Waals surface area contributed by atoms with Crippen LogP contribution in [-0.4, -0.2) is 69.5 Å². The van der Waals surface area contributed by atoms with Crippen LogP contribution in [0.4, 0.5) is 30.5 Å². The molecule has 5 heterocycles. The molecule has 39 heavy (non-hydrogen) atoms. The van der Waals surface area contributed by atoms with Crippen molar-refractivity contribution in [1.82, 2.24) is 24.6 Å². The van der Waals surface area contributed by atoms with Crippen molar-refractivity contribution in [3.63, 3.8) is 0 Å². The van der Waals surface area contributed by atoms with E-state index in [1.165, 1.54) is 10.7 Å². The number of hydrogen-bond acceptors (Lipinski definition) is 8. The van der Waals surface area contributed by atoms with Crippen LogP contribution in [0.3, 0.4) is 0 Å². The minimum Gasteiger partial charge on any atom is -0.380 e. The molecule has 2 fully saturated rings. The lowest BCUT2D eigenvalue weighted by molar-refractivity contribution is 0.101. The number of amides is 1. The maximum absolute atomic E-state index is 14.5. The average Bonchev–Trinajstić information content (AvgIpc) is 3.68. The summed E-state index contributed by atoms with van der Waals surface area (Å²) in [6.45, 7) is 1.50. The third kappa shape index (κ3) is 4.85. The summed E-state index contributed by atoms with van der Waals surface area (Å²) in [7, 11) is 1.68. The number of benzene rings is 1. The molecule has 0 aliphatic carbocycles. The van der Waals surface area contributed by atoms with Crippen LogP contribution in [0.2, 0.25) is 0 Å². The third-order valence-electron chi connectivity index (χ3n) is 7.14. The molecule has 0 saturated carbocycles. The molecule has 3 atom stereocenters. The summed E-state index contributed by atoms with van der Waals surface area (Å²) < 4.78 is 49.7. The first-order chi connectivity index (χ1) is 18.9. The molecule has 0 bridgehead atoms. The first-order valence-corrected chi connectivity index (χ1v) is 12.5. The van der Waals surface area contributed by atoms with Gasteiger partial charge in [-0.05, 0) is 36.8 Å². The molecule has 2 saturated heterocycles. The fraction of sp³-hybridized carbons (Fsp3) is 0.346. The monoisotopic (exact) mass is 538 g/mol. The predicted molar refractivity (Wildman–Crippen MR) is 137 cm³/mol. The Balaban J connectivity index is 1.23. The number of imidazole rings is 1. The molecule has 13 heteroatoms. The van der Waals surface area contributed by atoms with Crippen LogP contribution in [0.1, 0.15) is 35.1 Å². The van der Waals surface area contributed by atoms with Gasteiger partial charge in [0.1, 0.15) is 23.6 Å². The van der Waals surface area contributed by atoms with Gasteiger partial charge in [0.15, 0.2) is 11.5 Å². The molecule has 1 N–H and O–H groups in total. The molecule has 6 rings (SSSR count). The summed E-state index contributed by atoms with van der Waals surface area (Å²) in [5, 5.41) is 7.24. The van der Waals surface area contributed by atoms with Gasteiger partial charge in [-0.1, -0.05) is 0 Å². The molecule has 4 aromatic rings. The number of alkyl halides is 1. The molecular formula is C26H25F3N8O2. The molecule has 3 aromatic heterocycles. The van der Waals surface area contributed by atoms with Crippen molar-refractivity contribution in [2.75, 3.05) is 41.9 Å². The predicted octanol–water partition coefficient (Wildman–Crippen LogP) is 3.56. The Hall–Kier alpha value is -4.26. The average molecular weight is 539 g/mol. The molecule has 202 valence electrons. The number of anilines is 3. The number of methoxy groups -OCH3 is 1. The van der Waals surface area contributed by atoms with E-state index in [0.29, 0.717) is 11.5 Å². The number of carbonyl (C=O) groups excluding carboxylic acids is 1. The second-order valence-corrected chi connectivity index (χ2v) is 9.58.